The maximum atomic E-state index is 12.1. The smallest absolute Gasteiger partial charge is 0.318 e. The number of rotatable bonds is 6. The van der Waals surface area contributed by atoms with Gasteiger partial charge in [-0.15, -0.1) is 0 Å². The number of carbonyl (C=O) groups excluding carboxylic acids is 1. The van der Waals surface area contributed by atoms with Crippen LogP contribution in [-0.2, 0) is 19.9 Å². The second-order valence-electron chi connectivity index (χ2n) is 5.84. The van der Waals surface area contributed by atoms with Gasteiger partial charge in [-0.1, -0.05) is 19.0 Å². The van der Waals surface area contributed by atoms with Crippen LogP contribution in [0.1, 0.15) is 64.1 Å². The van der Waals surface area contributed by atoms with Crippen LogP contribution in [0, 0.1) is 5.92 Å². The summed E-state index contributed by atoms with van der Waals surface area (Å²) in [5.74, 6) is 0.0516. The van der Waals surface area contributed by atoms with Gasteiger partial charge in [-0.2, -0.15) is 4.98 Å². The summed E-state index contributed by atoms with van der Waals surface area (Å²) in [7, 11) is 1.67. The number of methoxy groups -OCH3 is 1. The van der Waals surface area contributed by atoms with E-state index in [0.29, 0.717) is 18.3 Å². The molecule has 0 saturated heterocycles. The quantitative estimate of drug-likeness (QED) is 0.751. The SMILES string of the molecule is CCOC(=O)C(c1nc(C2(OC)CCCC2)no1)C(C)C. The number of hydrogen-bond acceptors (Lipinski definition) is 6. The molecule has 1 unspecified atom stereocenters. The lowest BCUT2D eigenvalue weighted by molar-refractivity contribution is -0.146. The van der Waals surface area contributed by atoms with E-state index in [1.54, 1.807) is 14.0 Å². The monoisotopic (exact) mass is 296 g/mol. The number of carbonyl (C=O) groups is 1. The first-order valence-corrected chi connectivity index (χ1v) is 7.60. The molecule has 1 saturated carbocycles. The average Bonchev–Trinajstić information content (AvgIpc) is 3.07. The summed E-state index contributed by atoms with van der Waals surface area (Å²) in [6.07, 6.45) is 3.94. The molecule has 1 aliphatic carbocycles. The second-order valence-corrected chi connectivity index (χ2v) is 5.84. The van der Waals surface area contributed by atoms with Gasteiger partial charge in [-0.05, 0) is 38.5 Å². The van der Waals surface area contributed by atoms with E-state index in [2.05, 4.69) is 10.1 Å². The predicted octanol–water partition coefficient (Wildman–Crippen LogP) is 2.79. The molecule has 118 valence electrons. The number of esters is 1. The third-order valence-electron chi connectivity index (χ3n) is 4.12. The summed E-state index contributed by atoms with van der Waals surface area (Å²) in [6.45, 7) is 6.00. The summed E-state index contributed by atoms with van der Waals surface area (Å²) in [6, 6.07) is 0. The van der Waals surface area contributed by atoms with E-state index >= 15 is 0 Å². The number of ether oxygens (including phenoxy) is 2. The van der Waals surface area contributed by atoms with Crippen LogP contribution >= 0.6 is 0 Å². The zero-order chi connectivity index (χ0) is 15.5. The Morgan fingerprint density at radius 1 is 1.38 bits per heavy atom. The molecule has 0 aliphatic heterocycles. The van der Waals surface area contributed by atoms with Gasteiger partial charge >= 0.3 is 5.97 Å². The molecule has 2 rings (SSSR count). The van der Waals surface area contributed by atoms with E-state index in [4.69, 9.17) is 14.0 Å². The Balaban J connectivity index is 2.26. The summed E-state index contributed by atoms with van der Waals surface area (Å²) < 4.78 is 16.1. The Morgan fingerprint density at radius 3 is 2.57 bits per heavy atom. The van der Waals surface area contributed by atoms with Crippen molar-refractivity contribution in [1.82, 2.24) is 10.1 Å². The van der Waals surface area contributed by atoms with Gasteiger partial charge < -0.3 is 14.0 Å². The minimum absolute atomic E-state index is 0.0272. The van der Waals surface area contributed by atoms with Gasteiger partial charge in [0, 0.05) is 7.11 Å². The Hall–Kier alpha value is -1.43. The van der Waals surface area contributed by atoms with Crippen molar-refractivity contribution in [3.8, 4) is 0 Å². The van der Waals surface area contributed by atoms with Crippen molar-refractivity contribution in [2.45, 2.75) is 58.0 Å². The van der Waals surface area contributed by atoms with Crippen LogP contribution < -0.4 is 0 Å². The van der Waals surface area contributed by atoms with E-state index in [9.17, 15) is 4.79 Å². The Labute approximate surface area is 125 Å². The first-order chi connectivity index (χ1) is 10.0. The van der Waals surface area contributed by atoms with Gasteiger partial charge in [0.05, 0.1) is 6.61 Å². The van der Waals surface area contributed by atoms with E-state index in [1.165, 1.54) is 0 Å². The lowest BCUT2D eigenvalue weighted by atomic mass is 9.95. The van der Waals surface area contributed by atoms with Crippen LogP contribution in [0.5, 0.6) is 0 Å². The molecule has 6 nitrogen and oxygen atoms in total. The zero-order valence-corrected chi connectivity index (χ0v) is 13.2. The van der Waals surface area contributed by atoms with Crippen molar-refractivity contribution in [3.63, 3.8) is 0 Å². The van der Waals surface area contributed by atoms with E-state index in [1.807, 2.05) is 13.8 Å². The van der Waals surface area contributed by atoms with Gasteiger partial charge in [0.15, 0.2) is 0 Å². The van der Waals surface area contributed by atoms with Crippen molar-refractivity contribution >= 4 is 5.97 Å². The van der Waals surface area contributed by atoms with Crippen LogP contribution in [0.3, 0.4) is 0 Å². The van der Waals surface area contributed by atoms with Crippen LogP contribution in [0.25, 0.3) is 0 Å². The number of nitrogens with zero attached hydrogens (tertiary/aromatic N) is 2. The van der Waals surface area contributed by atoms with Gasteiger partial charge in [-0.25, -0.2) is 0 Å². The van der Waals surface area contributed by atoms with Crippen LogP contribution in [-0.4, -0.2) is 29.8 Å². The van der Waals surface area contributed by atoms with Crippen molar-refractivity contribution in [2.75, 3.05) is 13.7 Å². The molecule has 0 spiro atoms. The van der Waals surface area contributed by atoms with Crippen molar-refractivity contribution in [2.24, 2.45) is 5.92 Å². The summed E-state index contributed by atoms with van der Waals surface area (Å²) >= 11 is 0. The normalized spacial score (nSPS) is 18.9. The van der Waals surface area contributed by atoms with Crippen LogP contribution in [0.2, 0.25) is 0 Å². The molecular formula is C15H24N2O4. The molecule has 1 aromatic heterocycles. The average molecular weight is 296 g/mol. The lowest BCUT2D eigenvalue weighted by Gasteiger charge is -2.22. The second kappa shape index (κ2) is 6.56. The van der Waals surface area contributed by atoms with Gasteiger partial charge in [0.25, 0.3) is 0 Å². The fourth-order valence-electron chi connectivity index (χ4n) is 2.90. The number of hydrogen-bond donors (Lipinski definition) is 0. The highest BCUT2D eigenvalue weighted by Gasteiger charge is 2.41. The number of aromatic nitrogens is 2. The van der Waals surface area contributed by atoms with Crippen molar-refractivity contribution < 1.29 is 18.8 Å². The summed E-state index contributed by atoms with van der Waals surface area (Å²) in [4.78, 5) is 16.5. The molecule has 1 atom stereocenters. The molecule has 0 bridgehead atoms. The Kier molecular flexibility index (Phi) is 4.98. The molecule has 1 aliphatic rings. The Bertz CT molecular complexity index is 478. The third-order valence-corrected chi connectivity index (χ3v) is 4.12. The molecule has 1 aromatic rings. The highest BCUT2D eigenvalue weighted by atomic mass is 16.5. The molecular weight excluding hydrogens is 272 g/mol. The predicted molar refractivity (Wildman–Crippen MR) is 75.7 cm³/mol. The molecule has 21 heavy (non-hydrogen) atoms. The molecule has 0 N–H and O–H groups in total. The van der Waals surface area contributed by atoms with Crippen LogP contribution in [0.4, 0.5) is 0 Å². The standard InChI is InChI=1S/C15H24N2O4/c1-5-20-13(18)11(10(2)3)12-16-14(17-21-12)15(19-4)8-6-7-9-15/h10-11H,5-9H2,1-4H3. The van der Waals surface area contributed by atoms with E-state index < -0.39 is 11.5 Å². The maximum Gasteiger partial charge on any atom is 0.318 e. The Morgan fingerprint density at radius 2 is 2.05 bits per heavy atom. The van der Waals surface area contributed by atoms with E-state index in [0.717, 1.165) is 25.7 Å². The third kappa shape index (κ3) is 3.10. The molecule has 1 fully saturated rings. The molecule has 6 heteroatoms. The highest BCUT2D eigenvalue weighted by Crippen LogP contribution is 2.40. The highest BCUT2D eigenvalue weighted by molar-refractivity contribution is 5.77. The van der Waals surface area contributed by atoms with Gasteiger partial charge in [-0.3, -0.25) is 4.79 Å². The fraction of sp³-hybridized carbons (Fsp3) is 0.800. The van der Waals surface area contributed by atoms with Gasteiger partial charge in [0.1, 0.15) is 11.5 Å². The van der Waals surface area contributed by atoms with Crippen molar-refractivity contribution in [1.29, 1.82) is 0 Å². The van der Waals surface area contributed by atoms with Gasteiger partial charge in [0.2, 0.25) is 11.7 Å². The first kappa shape index (κ1) is 15.9. The van der Waals surface area contributed by atoms with Crippen LogP contribution in [0.15, 0.2) is 4.52 Å². The largest absolute Gasteiger partial charge is 0.465 e. The first-order valence-electron chi connectivity index (χ1n) is 7.60. The summed E-state index contributed by atoms with van der Waals surface area (Å²) in [5, 5.41) is 4.07. The van der Waals surface area contributed by atoms with E-state index in [-0.39, 0.29) is 11.9 Å². The minimum atomic E-state index is -0.526. The maximum absolute atomic E-state index is 12.1. The topological polar surface area (TPSA) is 74.5 Å². The summed E-state index contributed by atoms with van der Waals surface area (Å²) in [5.41, 5.74) is -0.460. The molecule has 1 heterocycles. The molecule has 0 aromatic carbocycles. The minimum Gasteiger partial charge on any atom is -0.465 e. The fourth-order valence-corrected chi connectivity index (χ4v) is 2.90. The molecule has 0 radical (unpaired) electrons. The zero-order valence-electron chi connectivity index (χ0n) is 13.2. The molecule has 0 amide bonds. The lowest BCUT2D eigenvalue weighted by Crippen LogP contribution is -2.26. The van der Waals surface area contributed by atoms with Crippen molar-refractivity contribution in [3.05, 3.63) is 11.7 Å².